The molecule has 13 nitrogen and oxygen atoms in total. The van der Waals surface area contributed by atoms with Crippen LogP contribution in [0.25, 0.3) is 0 Å². The number of primary amides is 1. The summed E-state index contributed by atoms with van der Waals surface area (Å²) < 4.78 is 0. The average molecular weight is 638 g/mol. The lowest BCUT2D eigenvalue weighted by Gasteiger charge is -2.26. The van der Waals surface area contributed by atoms with E-state index >= 15 is 0 Å². The zero-order chi connectivity index (χ0) is 34.2. The second-order valence-corrected chi connectivity index (χ2v) is 11.7. The van der Waals surface area contributed by atoms with Crippen molar-refractivity contribution in [2.45, 2.75) is 89.9 Å². The molecule has 0 radical (unpaired) electrons. The number of nitrogens with one attached hydrogen (secondary N) is 5. The Kier molecular flexibility index (Phi) is 15.7. The summed E-state index contributed by atoms with van der Waals surface area (Å²) in [4.78, 5) is 52.9. The lowest BCUT2D eigenvalue weighted by Crippen LogP contribution is -2.58. The predicted octanol–water partition coefficient (Wildman–Crippen LogP) is 0.0563. The van der Waals surface area contributed by atoms with E-state index < -0.39 is 47.8 Å². The van der Waals surface area contributed by atoms with Crippen molar-refractivity contribution in [1.29, 1.82) is 5.41 Å². The largest absolute Gasteiger partial charge is 0.370 e. The van der Waals surface area contributed by atoms with Crippen LogP contribution in [0.3, 0.4) is 0 Å². The van der Waals surface area contributed by atoms with Crippen LogP contribution in [-0.2, 0) is 32.0 Å². The molecule has 0 aromatic heterocycles. The highest BCUT2D eigenvalue weighted by Gasteiger charge is 2.30. The molecule has 0 aliphatic rings. The SMILES string of the molecule is Cc1cc(C)c(C[C@H](NC(=O)[C@H](N)CCCNC(=N)N)C(=O)N[C@@H](CCCCN)C(=O)N[C@@H](Cc2ccccc2)C(N)=O)c(C)c1. The van der Waals surface area contributed by atoms with Crippen LogP contribution in [0.1, 0.15) is 59.9 Å². The van der Waals surface area contributed by atoms with Gasteiger partial charge in [-0.1, -0.05) is 48.0 Å². The standard InChI is InChI=1S/C33H51N9O4/c1-20-16-21(2)24(22(3)17-20)19-28(42-30(44)25(35)12-9-15-39-33(37)38)32(46)40-26(13-7-8-14-34)31(45)41-27(29(36)43)18-23-10-5-4-6-11-23/h4-6,10-11,16-17,25-28H,7-9,12-15,18-19,34-35H2,1-3H3,(H2,36,43)(H,40,46)(H,41,45)(H,42,44)(H4,37,38,39)/t25-,26+,27+,28+/m1/s1. The maximum absolute atomic E-state index is 13.9. The maximum Gasteiger partial charge on any atom is 0.243 e. The van der Waals surface area contributed by atoms with Crippen molar-refractivity contribution >= 4 is 29.6 Å². The average Bonchev–Trinajstić information content (AvgIpc) is 2.99. The van der Waals surface area contributed by atoms with Crippen LogP contribution in [0.4, 0.5) is 0 Å². The monoisotopic (exact) mass is 637 g/mol. The lowest BCUT2D eigenvalue weighted by atomic mass is 9.93. The van der Waals surface area contributed by atoms with E-state index in [1.807, 2.05) is 63.2 Å². The van der Waals surface area contributed by atoms with E-state index in [9.17, 15) is 19.2 Å². The van der Waals surface area contributed by atoms with E-state index in [4.69, 9.17) is 28.3 Å². The number of aryl methyl sites for hydroxylation is 3. The molecule has 0 spiro atoms. The number of amides is 4. The molecule has 4 atom stereocenters. The summed E-state index contributed by atoms with van der Waals surface area (Å²) in [6.45, 7) is 6.65. The molecular formula is C33H51N9O4. The Bertz CT molecular complexity index is 1310. The summed E-state index contributed by atoms with van der Waals surface area (Å²) in [5.74, 6) is -2.53. The Labute approximate surface area is 271 Å². The number of guanidine groups is 1. The van der Waals surface area contributed by atoms with Crippen LogP contribution < -0.4 is 44.2 Å². The van der Waals surface area contributed by atoms with Crippen molar-refractivity contribution in [3.63, 3.8) is 0 Å². The van der Waals surface area contributed by atoms with E-state index in [0.717, 1.165) is 27.8 Å². The molecule has 0 aliphatic heterocycles. The Hall–Kier alpha value is -4.49. The Morgan fingerprint density at radius 3 is 1.93 bits per heavy atom. The Balaban J connectivity index is 2.29. The number of hydrogen-bond acceptors (Lipinski definition) is 7. The number of hydrogen-bond donors (Lipinski definition) is 9. The van der Waals surface area contributed by atoms with Gasteiger partial charge >= 0.3 is 0 Å². The zero-order valence-corrected chi connectivity index (χ0v) is 27.2. The molecule has 13 heteroatoms. The molecule has 0 heterocycles. The van der Waals surface area contributed by atoms with Crippen LogP contribution in [0.5, 0.6) is 0 Å². The van der Waals surface area contributed by atoms with Crippen molar-refractivity contribution in [3.8, 4) is 0 Å². The molecule has 2 aromatic rings. The molecule has 2 aromatic carbocycles. The van der Waals surface area contributed by atoms with Crippen LogP contribution in [0.2, 0.25) is 0 Å². The fourth-order valence-corrected chi connectivity index (χ4v) is 5.28. The first-order chi connectivity index (χ1) is 21.8. The number of nitrogens with two attached hydrogens (primary N) is 4. The van der Waals surface area contributed by atoms with Gasteiger partial charge in [0.2, 0.25) is 23.6 Å². The molecule has 0 saturated carbocycles. The van der Waals surface area contributed by atoms with E-state index in [-0.39, 0.29) is 25.2 Å². The number of unbranched alkanes of at least 4 members (excludes halogenated alkanes) is 1. The maximum atomic E-state index is 13.9. The van der Waals surface area contributed by atoms with Crippen molar-refractivity contribution in [2.24, 2.45) is 22.9 Å². The summed E-state index contributed by atoms with van der Waals surface area (Å²) in [6.07, 6.45) is 2.56. The highest BCUT2D eigenvalue weighted by Crippen LogP contribution is 2.19. The van der Waals surface area contributed by atoms with Gasteiger partial charge in [0.1, 0.15) is 18.1 Å². The van der Waals surface area contributed by atoms with Crippen molar-refractivity contribution in [1.82, 2.24) is 21.3 Å². The normalized spacial score (nSPS) is 13.5. The van der Waals surface area contributed by atoms with Gasteiger partial charge in [0.15, 0.2) is 5.96 Å². The van der Waals surface area contributed by atoms with E-state index in [2.05, 4.69) is 21.3 Å². The molecule has 4 amide bonds. The third kappa shape index (κ3) is 12.9. The van der Waals surface area contributed by atoms with Gasteiger partial charge in [-0.05, 0) is 81.7 Å². The summed E-state index contributed by atoms with van der Waals surface area (Å²) in [6, 6.07) is 9.20. The molecule has 0 fully saturated rings. The molecule has 0 saturated heterocycles. The fraction of sp³-hybridized carbons (Fsp3) is 0.485. The molecule has 0 bridgehead atoms. The number of carbonyl (C=O) groups is 4. The first kappa shape index (κ1) is 37.7. The lowest BCUT2D eigenvalue weighted by molar-refractivity contribution is -0.133. The van der Waals surface area contributed by atoms with Gasteiger partial charge in [0.25, 0.3) is 0 Å². The van der Waals surface area contributed by atoms with Crippen LogP contribution in [0.15, 0.2) is 42.5 Å². The number of carbonyl (C=O) groups excluding carboxylic acids is 4. The quantitative estimate of drug-likeness (QED) is 0.0577. The fourth-order valence-electron chi connectivity index (χ4n) is 5.28. The third-order valence-corrected chi connectivity index (χ3v) is 7.75. The molecule has 13 N–H and O–H groups in total. The van der Waals surface area contributed by atoms with Gasteiger partial charge in [-0.25, -0.2) is 0 Å². The number of rotatable bonds is 19. The van der Waals surface area contributed by atoms with Gasteiger partial charge in [0.05, 0.1) is 6.04 Å². The summed E-state index contributed by atoms with van der Waals surface area (Å²) in [5.41, 5.74) is 27.5. The summed E-state index contributed by atoms with van der Waals surface area (Å²) in [7, 11) is 0. The third-order valence-electron chi connectivity index (χ3n) is 7.75. The van der Waals surface area contributed by atoms with Crippen LogP contribution in [-0.4, -0.2) is 66.8 Å². The van der Waals surface area contributed by atoms with Crippen LogP contribution in [0, 0.1) is 26.2 Å². The second-order valence-electron chi connectivity index (χ2n) is 11.7. The van der Waals surface area contributed by atoms with Crippen molar-refractivity contribution in [3.05, 3.63) is 70.3 Å². The predicted molar refractivity (Wildman–Crippen MR) is 180 cm³/mol. The van der Waals surface area contributed by atoms with Gasteiger partial charge in [-0.2, -0.15) is 0 Å². The minimum absolute atomic E-state index is 0.170. The van der Waals surface area contributed by atoms with Gasteiger partial charge in [-0.15, -0.1) is 0 Å². The van der Waals surface area contributed by atoms with Crippen LogP contribution >= 0.6 is 0 Å². The topological polar surface area (TPSA) is 244 Å². The van der Waals surface area contributed by atoms with E-state index in [1.165, 1.54) is 0 Å². The van der Waals surface area contributed by atoms with E-state index in [0.29, 0.717) is 38.8 Å². The van der Waals surface area contributed by atoms with Gasteiger partial charge < -0.3 is 44.2 Å². The molecule has 2 rings (SSSR count). The summed E-state index contributed by atoms with van der Waals surface area (Å²) >= 11 is 0. The van der Waals surface area contributed by atoms with Crippen molar-refractivity contribution < 1.29 is 19.2 Å². The Morgan fingerprint density at radius 1 is 0.761 bits per heavy atom. The minimum Gasteiger partial charge on any atom is -0.370 e. The summed E-state index contributed by atoms with van der Waals surface area (Å²) in [5, 5.41) is 18.3. The second kappa shape index (κ2) is 19.1. The molecule has 252 valence electrons. The van der Waals surface area contributed by atoms with E-state index in [1.54, 1.807) is 0 Å². The molecular weight excluding hydrogens is 586 g/mol. The molecule has 46 heavy (non-hydrogen) atoms. The zero-order valence-electron chi connectivity index (χ0n) is 27.2. The first-order valence-electron chi connectivity index (χ1n) is 15.7. The molecule has 0 unspecified atom stereocenters. The molecule has 0 aliphatic carbocycles. The highest BCUT2D eigenvalue weighted by atomic mass is 16.2. The Morgan fingerprint density at radius 2 is 1.35 bits per heavy atom. The minimum atomic E-state index is -1.05. The first-order valence-corrected chi connectivity index (χ1v) is 15.7. The van der Waals surface area contributed by atoms with Crippen molar-refractivity contribution in [2.75, 3.05) is 13.1 Å². The smallest absolute Gasteiger partial charge is 0.243 e. The van der Waals surface area contributed by atoms with Gasteiger partial charge in [-0.3, -0.25) is 24.6 Å². The van der Waals surface area contributed by atoms with Gasteiger partial charge in [0, 0.05) is 19.4 Å². The number of benzene rings is 2. The highest BCUT2D eigenvalue weighted by molar-refractivity contribution is 5.94.